The molecule has 1 amide bonds. The van der Waals surface area contributed by atoms with Crippen molar-refractivity contribution >= 4 is 5.91 Å². The molecule has 0 spiro atoms. The number of carbonyl (C=O) groups excluding carboxylic acids is 1. The van der Waals surface area contributed by atoms with Gasteiger partial charge in [-0.1, -0.05) is 24.3 Å². The number of amides is 1. The summed E-state index contributed by atoms with van der Waals surface area (Å²) in [6.45, 7) is 1.78. The zero-order chi connectivity index (χ0) is 19.6. The standard InChI is InChI=1S/C19H17F3N4O/c1-13-7-3-4-9-16(13)26-17(19(20,21)22)15(11-24-26)18(27)25(2)12-14-8-5-6-10-23-14/h3-11H,12H2,1-2H3. The number of para-hydroxylation sites is 1. The van der Waals surface area contributed by atoms with Crippen LogP contribution in [0, 0.1) is 6.92 Å². The molecule has 27 heavy (non-hydrogen) atoms. The zero-order valence-corrected chi connectivity index (χ0v) is 14.7. The van der Waals surface area contributed by atoms with E-state index in [-0.39, 0.29) is 12.2 Å². The summed E-state index contributed by atoms with van der Waals surface area (Å²) in [5.74, 6) is -0.771. The quantitative estimate of drug-likeness (QED) is 0.697. The molecule has 2 aromatic heterocycles. The van der Waals surface area contributed by atoms with Gasteiger partial charge in [-0.3, -0.25) is 9.78 Å². The van der Waals surface area contributed by atoms with Gasteiger partial charge in [0.25, 0.3) is 5.91 Å². The number of halogens is 3. The summed E-state index contributed by atoms with van der Waals surface area (Å²) in [5, 5.41) is 3.86. The van der Waals surface area contributed by atoms with Crippen LogP contribution in [0.4, 0.5) is 13.2 Å². The van der Waals surface area contributed by atoms with Gasteiger partial charge in [0.05, 0.1) is 29.7 Å². The van der Waals surface area contributed by atoms with Crippen LogP contribution >= 0.6 is 0 Å². The third-order valence-electron chi connectivity index (χ3n) is 4.08. The number of benzene rings is 1. The van der Waals surface area contributed by atoms with Crippen molar-refractivity contribution in [1.29, 1.82) is 0 Å². The van der Waals surface area contributed by atoms with Crippen LogP contribution in [0.2, 0.25) is 0 Å². The highest BCUT2D eigenvalue weighted by Crippen LogP contribution is 2.34. The first-order valence-electron chi connectivity index (χ1n) is 8.15. The van der Waals surface area contributed by atoms with Crippen molar-refractivity contribution in [2.75, 3.05) is 7.05 Å². The number of aromatic nitrogens is 3. The lowest BCUT2D eigenvalue weighted by Gasteiger charge is -2.18. The van der Waals surface area contributed by atoms with Crippen LogP contribution in [0.25, 0.3) is 5.69 Å². The maximum Gasteiger partial charge on any atom is 0.434 e. The number of rotatable bonds is 4. The van der Waals surface area contributed by atoms with Crippen molar-refractivity contribution in [3.8, 4) is 5.69 Å². The second-order valence-corrected chi connectivity index (χ2v) is 6.09. The number of hydrogen-bond acceptors (Lipinski definition) is 3. The van der Waals surface area contributed by atoms with Crippen LogP contribution in [-0.2, 0) is 12.7 Å². The van der Waals surface area contributed by atoms with E-state index in [0.717, 1.165) is 10.9 Å². The van der Waals surface area contributed by atoms with E-state index in [1.807, 2.05) is 0 Å². The highest BCUT2D eigenvalue weighted by Gasteiger charge is 2.41. The van der Waals surface area contributed by atoms with E-state index in [0.29, 0.717) is 11.3 Å². The summed E-state index contributed by atoms with van der Waals surface area (Å²) < 4.78 is 42.1. The number of alkyl halides is 3. The molecule has 3 aromatic rings. The Balaban J connectivity index is 2.01. The molecular weight excluding hydrogens is 357 g/mol. The summed E-state index contributed by atoms with van der Waals surface area (Å²) >= 11 is 0. The van der Waals surface area contributed by atoms with Gasteiger partial charge < -0.3 is 4.90 Å². The van der Waals surface area contributed by atoms with E-state index in [9.17, 15) is 18.0 Å². The fourth-order valence-electron chi connectivity index (χ4n) is 2.77. The first kappa shape index (κ1) is 18.6. The SMILES string of the molecule is Cc1ccccc1-n1ncc(C(=O)N(C)Cc2ccccn2)c1C(F)(F)F. The minimum Gasteiger partial charge on any atom is -0.336 e. The third-order valence-corrected chi connectivity index (χ3v) is 4.08. The monoisotopic (exact) mass is 374 g/mol. The van der Waals surface area contributed by atoms with Crippen molar-refractivity contribution < 1.29 is 18.0 Å². The molecule has 0 fully saturated rings. The van der Waals surface area contributed by atoms with Gasteiger partial charge in [0.15, 0.2) is 5.69 Å². The highest BCUT2D eigenvalue weighted by molar-refractivity contribution is 5.95. The average Bonchev–Trinajstić information content (AvgIpc) is 3.07. The molecule has 0 bridgehead atoms. The van der Waals surface area contributed by atoms with Crippen LogP contribution in [0.3, 0.4) is 0 Å². The number of hydrogen-bond donors (Lipinski definition) is 0. The first-order chi connectivity index (χ1) is 12.8. The van der Waals surface area contributed by atoms with Gasteiger partial charge >= 0.3 is 6.18 Å². The molecule has 5 nitrogen and oxygen atoms in total. The minimum atomic E-state index is -4.74. The fraction of sp³-hybridized carbons (Fsp3) is 0.211. The fourth-order valence-corrected chi connectivity index (χ4v) is 2.77. The van der Waals surface area contributed by atoms with Crippen molar-refractivity contribution in [3.05, 3.63) is 77.4 Å². The zero-order valence-electron chi connectivity index (χ0n) is 14.7. The number of aryl methyl sites for hydroxylation is 1. The molecule has 0 radical (unpaired) electrons. The van der Waals surface area contributed by atoms with E-state index in [1.165, 1.54) is 18.0 Å². The Hall–Kier alpha value is -3.16. The van der Waals surface area contributed by atoms with E-state index in [1.54, 1.807) is 49.5 Å². The summed E-state index contributed by atoms with van der Waals surface area (Å²) in [7, 11) is 1.43. The molecule has 8 heteroatoms. The Morgan fingerprint density at radius 2 is 1.85 bits per heavy atom. The van der Waals surface area contributed by atoms with E-state index >= 15 is 0 Å². The molecule has 0 saturated carbocycles. The van der Waals surface area contributed by atoms with Gasteiger partial charge in [0.1, 0.15) is 0 Å². The van der Waals surface area contributed by atoms with Crippen molar-refractivity contribution in [2.24, 2.45) is 0 Å². The van der Waals surface area contributed by atoms with Gasteiger partial charge in [-0.2, -0.15) is 18.3 Å². The number of carbonyl (C=O) groups is 1. The lowest BCUT2D eigenvalue weighted by Crippen LogP contribution is -2.29. The van der Waals surface area contributed by atoms with Crippen molar-refractivity contribution in [1.82, 2.24) is 19.7 Å². The highest BCUT2D eigenvalue weighted by atomic mass is 19.4. The molecule has 0 saturated heterocycles. The molecule has 0 N–H and O–H groups in total. The molecule has 2 heterocycles. The molecule has 0 atom stereocenters. The Kier molecular flexibility index (Phi) is 4.98. The summed E-state index contributed by atoms with van der Waals surface area (Å²) in [4.78, 5) is 18.0. The van der Waals surface area contributed by atoms with Gasteiger partial charge in [-0.15, -0.1) is 0 Å². The Bertz CT molecular complexity index is 951. The predicted molar refractivity (Wildman–Crippen MR) is 93.3 cm³/mol. The molecule has 0 aliphatic heterocycles. The van der Waals surface area contributed by atoms with Gasteiger partial charge in [-0.25, -0.2) is 4.68 Å². The number of nitrogens with zero attached hydrogens (tertiary/aromatic N) is 4. The van der Waals surface area contributed by atoms with Gasteiger partial charge in [-0.05, 0) is 30.7 Å². The first-order valence-corrected chi connectivity index (χ1v) is 8.15. The maximum atomic E-state index is 13.8. The normalized spacial score (nSPS) is 11.4. The van der Waals surface area contributed by atoms with Crippen LogP contribution in [0.5, 0.6) is 0 Å². The summed E-state index contributed by atoms with van der Waals surface area (Å²) in [6.07, 6.45) is -2.22. The lowest BCUT2D eigenvalue weighted by atomic mass is 10.1. The average molecular weight is 374 g/mol. The molecule has 140 valence electrons. The van der Waals surface area contributed by atoms with Crippen LogP contribution in [0.1, 0.15) is 27.3 Å². The minimum absolute atomic E-state index is 0.0898. The maximum absolute atomic E-state index is 13.8. The largest absolute Gasteiger partial charge is 0.434 e. The third kappa shape index (κ3) is 3.84. The van der Waals surface area contributed by atoms with Crippen molar-refractivity contribution in [3.63, 3.8) is 0 Å². The predicted octanol–water partition coefficient (Wildman–Crippen LogP) is 3.87. The Morgan fingerprint density at radius 3 is 2.48 bits per heavy atom. The second-order valence-electron chi connectivity index (χ2n) is 6.09. The van der Waals surface area contributed by atoms with Crippen LogP contribution in [-0.4, -0.2) is 32.6 Å². The van der Waals surface area contributed by atoms with Crippen molar-refractivity contribution in [2.45, 2.75) is 19.6 Å². The van der Waals surface area contributed by atoms with Gasteiger partial charge in [0, 0.05) is 13.2 Å². The Labute approximate surface area is 154 Å². The van der Waals surface area contributed by atoms with Gasteiger partial charge in [0.2, 0.25) is 0 Å². The molecule has 0 aliphatic rings. The van der Waals surface area contributed by atoms with E-state index in [4.69, 9.17) is 0 Å². The van der Waals surface area contributed by atoms with E-state index in [2.05, 4.69) is 10.1 Å². The molecule has 0 aliphatic carbocycles. The summed E-state index contributed by atoms with van der Waals surface area (Å²) in [6, 6.07) is 11.7. The molecule has 3 rings (SSSR count). The molecule has 1 aromatic carbocycles. The summed E-state index contributed by atoms with van der Waals surface area (Å²) in [5.41, 5.74) is -0.116. The molecule has 0 unspecified atom stereocenters. The number of pyridine rings is 1. The topological polar surface area (TPSA) is 51.0 Å². The molecular formula is C19H17F3N4O. The Morgan fingerprint density at radius 1 is 1.15 bits per heavy atom. The van der Waals surface area contributed by atoms with Crippen LogP contribution in [0.15, 0.2) is 54.9 Å². The second kappa shape index (κ2) is 7.22. The van der Waals surface area contributed by atoms with Crippen LogP contribution < -0.4 is 0 Å². The lowest BCUT2D eigenvalue weighted by molar-refractivity contribution is -0.143. The van der Waals surface area contributed by atoms with E-state index < -0.39 is 23.3 Å². The smallest absolute Gasteiger partial charge is 0.336 e.